The number of hydrogen-bond donors (Lipinski definition) is 1. The van der Waals surface area contributed by atoms with Gasteiger partial charge in [-0.1, -0.05) is 80.6 Å². The number of ether oxygens (including phenoxy) is 1. The predicted molar refractivity (Wildman–Crippen MR) is 121 cm³/mol. The summed E-state index contributed by atoms with van der Waals surface area (Å²) in [6, 6.07) is 20.3. The molecule has 3 aromatic rings. The highest BCUT2D eigenvalue weighted by molar-refractivity contribution is 6.32. The Balaban J connectivity index is 1.74. The van der Waals surface area contributed by atoms with E-state index in [1.54, 1.807) is 30.3 Å². The van der Waals surface area contributed by atoms with Gasteiger partial charge in [-0.05, 0) is 29.2 Å². The Labute approximate surface area is 186 Å². The van der Waals surface area contributed by atoms with E-state index < -0.39 is 23.1 Å². The molecule has 0 heterocycles. The molecule has 3 aromatic carbocycles. The lowest BCUT2D eigenvalue weighted by atomic mass is 9.86. The Hall–Kier alpha value is -3.83. The van der Waals surface area contributed by atoms with Gasteiger partial charge in [-0.25, -0.2) is 4.79 Å². The van der Waals surface area contributed by atoms with Gasteiger partial charge in [-0.2, -0.15) is 0 Å². The number of hydrogen-bond acceptors (Lipinski definition) is 5. The van der Waals surface area contributed by atoms with E-state index in [-0.39, 0.29) is 28.4 Å². The van der Waals surface area contributed by atoms with Crippen LogP contribution >= 0.6 is 0 Å². The van der Waals surface area contributed by atoms with Crippen molar-refractivity contribution in [2.24, 2.45) is 0 Å². The molecule has 0 fully saturated rings. The highest BCUT2D eigenvalue weighted by Crippen LogP contribution is 2.42. The van der Waals surface area contributed by atoms with Crippen LogP contribution < -0.4 is 4.74 Å². The SMILES string of the molecule is CC(C)c1ccc(C2(O)C(=O)c3ccccc3C2=O)c(OC(=O)C=Cc2ccccc2)c1. The van der Waals surface area contributed by atoms with Crippen LogP contribution in [0.2, 0.25) is 0 Å². The maximum Gasteiger partial charge on any atom is 0.336 e. The monoisotopic (exact) mass is 426 g/mol. The fourth-order valence-corrected chi connectivity index (χ4v) is 3.77. The minimum atomic E-state index is -2.45. The van der Waals surface area contributed by atoms with Gasteiger partial charge >= 0.3 is 5.97 Å². The third-order valence-corrected chi connectivity index (χ3v) is 5.56. The molecule has 0 saturated heterocycles. The summed E-state index contributed by atoms with van der Waals surface area (Å²) >= 11 is 0. The lowest BCUT2D eigenvalue weighted by molar-refractivity contribution is -0.129. The summed E-state index contributed by atoms with van der Waals surface area (Å²) in [4.78, 5) is 38.7. The normalized spacial score (nSPS) is 14.8. The van der Waals surface area contributed by atoms with Crippen LogP contribution in [0.25, 0.3) is 6.08 Å². The standard InChI is InChI=1S/C27H22O5/c1-17(2)19-13-14-22(27(31)25(29)20-10-6-7-11-21(20)26(27)30)23(16-19)32-24(28)15-12-18-8-4-3-5-9-18/h3-17,31H,1-2H3. The van der Waals surface area contributed by atoms with Gasteiger partial charge in [0.1, 0.15) is 5.75 Å². The zero-order chi connectivity index (χ0) is 22.9. The van der Waals surface area contributed by atoms with Crippen molar-refractivity contribution in [3.63, 3.8) is 0 Å². The topological polar surface area (TPSA) is 80.7 Å². The Morgan fingerprint density at radius 1 is 0.906 bits per heavy atom. The summed E-state index contributed by atoms with van der Waals surface area (Å²) in [6.07, 6.45) is 2.86. The molecule has 0 spiro atoms. The summed E-state index contributed by atoms with van der Waals surface area (Å²) < 4.78 is 5.54. The first kappa shape index (κ1) is 21.4. The fraction of sp³-hybridized carbons (Fsp3) is 0.148. The van der Waals surface area contributed by atoms with Crippen molar-refractivity contribution in [3.8, 4) is 5.75 Å². The zero-order valence-corrected chi connectivity index (χ0v) is 17.7. The number of ketones is 2. The molecular weight excluding hydrogens is 404 g/mol. The van der Waals surface area contributed by atoms with Crippen LogP contribution in [0.5, 0.6) is 5.75 Å². The van der Waals surface area contributed by atoms with E-state index in [0.29, 0.717) is 0 Å². The number of rotatable bonds is 5. The molecule has 0 aromatic heterocycles. The molecule has 0 bridgehead atoms. The van der Waals surface area contributed by atoms with Crippen molar-refractivity contribution in [3.05, 3.63) is 107 Å². The van der Waals surface area contributed by atoms with Crippen molar-refractivity contribution in [1.82, 2.24) is 0 Å². The molecule has 4 rings (SSSR count). The second-order valence-electron chi connectivity index (χ2n) is 7.99. The minimum Gasteiger partial charge on any atom is -0.423 e. The van der Waals surface area contributed by atoms with Gasteiger partial charge < -0.3 is 9.84 Å². The van der Waals surface area contributed by atoms with Crippen LogP contribution in [0.1, 0.15) is 57.2 Å². The Kier molecular flexibility index (Phi) is 5.59. The summed E-state index contributed by atoms with van der Waals surface area (Å²) in [7, 11) is 0. The Morgan fingerprint density at radius 2 is 1.50 bits per heavy atom. The summed E-state index contributed by atoms with van der Waals surface area (Å²) in [5.74, 6) is -2.06. The Morgan fingerprint density at radius 3 is 2.09 bits per heavy atom. The van der Waals surface area contributed by atoms with Crippen molar-refractivity contribution >= 4 is 23.6 Å². The van der Waals surface area contributed by atoms with Crippen molar-refractivity contribution in [1.29, 1.82) is 0 Å². The molecule has 0 unspecified atom stereocenters. The first-order valence-corrected chi connectivity index (χ1v) is 10.3. The molecule has 0 aliphatic heterocycles. The molecular formula is C27H22O5. The van der Waals surface area contributed by atoms with Crippen LogP contribution in [0.3, 0.4) is 0 Å². The van der Waals surface area contributed by atoms with E-state index in [2.05, 4.69) is 0 Å². The molecule has 5 nitrogen and oxygen atoms in total. The minimum absolute atomic E-state index is 0.0177. The molecule has 160 valence electrons. The van der Waals surface area contributed by atoms with E-state index in [1.807, 2.05) is 44.2 Å². The number of Topliss-reactive ketones (excluding diaryl/α,β-unsaturated/α-hetero) is 2. The van der Waals surface area contributed by atoms with E-state index in [1.165, 1.54) is 24.3 Å². The van der Waals surface area contributed by atoms with Crippen LogP contribution in [-0.4, -0.2) is 22.6 Å². The van der Waals surface area contributed by atoms with E-state index >= 15 is 0 Å². The average molecular weight is 426 g/mol. The van der Waals surface area contributed by atoms with E-state index in [9.17, 15) is 19.5 Å². The van der Waals surface area contributed by atoms with Gasteiger partial charge in [0.25, 0.3) is 0 Å². The van der Waals surface area contributed by atoms with Crippen LogP contribution in [0.15, 0.2) is 78.9 Å². The molecule has 0 radical (unpaired) electrons. The molecule has 5 heteroatoms. The van der Waals surface area contributed by atoms with Crippen molar-refractivity contribution in [2.75, 3.05) is 0 Å². The quantitative estimate of drug-likeness (QED) is 0.277. The molecule has 1 aliphatic rings. The number of carbonyl (C=O) groups is 3. The van der Waals surface area contributed by atoms with Crippen molar-refractivity contribution in [2.45, 2.75) is 25.4 Å². The van der Waals surface area contributed by atoms with E-state index in [4.69, 9.17) is 4.74 Å². The largest absolute Gasteiger partial charge is 0.423 e. The predicted octanol–water partition coefficient (Wildman–Crippen LogP) is 4.70. The average Bonchev–Trinajstić information content (AvgIpc) is 3.00. The second-order valence-corrected chi connectivity index (χ2v) is 7.99. The third kappa shape index (κ3) is 3.67. The number of esters is 1. The van der Waals surface area contributed by atoms with Crippen LogP contribution in [0.4, 0.5) is 0 Å². The Bertz CT molecular complexity index is 1200. The second kappa shape index (κ2) is 8.36. The maximum absolute atomic E-state index is 13.1. The van der Waals surface area contributed by atoms with Crippen molar-refractivity contribution < 1.29 is 24.2 Å². The van der Waals surface area contributed by atoms with Gasteiger partial charge in [-0.3, -0.25) is 9.59 Å². The van der Waals surface area contributed by atoms with Gasteiger partial charge in [0, 0.05) is 22.8 Å². The number of aliphatic hydroxyl groups is 1. The summed E-state index contributed by atoms with van der Waals surface area (Å²) in [5.41, 5.74) is -0.547. The van der Waals surface area contributed by atoms with Crippen LogP contribution in [-0.2, 0) is 10.4 Å². The maximum atomic E-state index is 13.1. The lowest BCUT2D eigenvalue weighted by Gasteiger charge is -2.23. The van der Waals surface area contributed by atoms with Gasteiger partial charge in [-0.15, -0.1) is 0 Å². The molecule has 1 N–H and O–H groups in total. The molecule has 0 atom stereocenters. The molecule has 0 amide bonds. The highest BCUT2D eigenvalue weighted by Gasteiger charge is 2.54. The number of carbonyl (C=O) groups excluding carboxylic acids is 3. The first-order valence-electron chi connectivity index (χ1n) is 10.3. The highest BCUT2D eigenvalue weighted by atomic mass is 16.5. The van der Waals surface area contributed by atoms with Crippen LogP contribution in [0, 0.1) is 0 Å². The molecule has 0 saturated carbocycles. The molecule has 1 aliphatic carbocycles. The van der Waals surface area contributed by atoms with Gasteiger partial charge in [0.2, 0.25) is 17.2 Å². The third-order valence-electron chi connectivity index (χ3n) is 5.56. The van der Waals surface area contributed by atoms with Gasteiger partial charge in [0.15, 0.2) is 0 Å². The smallest absolute Gasteiger partial charge is 0.336 e. The first-order chi connectivity index (χ1) is 15.3. The summed E-state index contributed by atoms with van der Waals surface area (Å²) in [6.45, 7) is 3.93. The lowest BCUT2D eigenvalue weighted by Crippen LogP contribution is -2.38. The zero-order valence-electron chi connectivity index (χ0n) is 17.7. The number of benzene rings is 3. The van der Waals surface area contributed by atoms with Gasteiger partial charge in [0.05, 0.1) is 0 Å². The molecule has 32 heavy (non-hydrogen) atoms. The fourth-order valence-electron chi connectivity index (χ4n) is 3.77. The number of fused-ring (bicyclic) bond motifs is 1. The summed E-state index contributed by atoms with van der Waals surface area (Å²) in [5, 5.41) is 11.3. The van der Waals surface area contributed by atoms with E-state index in [0.717, 1.165) is 11.1 Å².